The number of ether oxygens (including phenoxy) is 11. The summed E-state index contributed by atoms with van der Waals surface area (Å²) in [7, 11) is 0. The van der Waals surface area contributed by atoms with Gasteiger partial charge in [0.2, 0.25) is 0 Å². The zero-order chi connectivity index (χ0) is 32.0. The highest BCUT2D eigenvalue weighted by Gasteiger charge is 2.02. The molecule has 0 saturated carbocycles. The Hall–Kier alpha value is -1.19. The third kappa shape index (κ3) is 37.0. The zero-order valence-electron chi connectivity index (χ0n) is 27.7. The summed E-state index contributed by atoms with van der Waals surface area (Å²) in [5.74, 6) is -0.410. The maximum absolute atomic E-state index is 11.2. The fourth-order valence-corrected chi connectivity index (χ4v) is 3.38. The van der Waals surface area contributed by atoms with E-state index in [-0.39, 0.29) is 6.61 Å². The van der Waals surface area contributed by atoms with E-state index in [0.29, 0.717) is 131 Å². The molecule has 12 heteroatoms. The van der Waals surface area contributed by atoms with Gasteiger partial charge in [0.25, 0.3) is 0 Å². The molecule has 0 rings (SSSR count). The molecule has 0 saturated heterocycles. The minimum absolute atomic E-state index is 0.203. The first-order valence-electron chi connectivity index (χ1n) is 16.3. The molecule has 0 spiro atoms. The van der Waals surface area contributed by atoms with E-state index in [9.17, 15) is 4.79 Å². The van der Waals surface area contributed by atoms with Gasteiger partial charge in [-0.15, -0.1) is 0 Å². The van der Waals surface area contributed by atoms with Crippen LogP contribution >= 0.6 is 0 Å². The van der Waals surface area contributed by atoms with Crippen molar-refractivity contribution in [2.24, 2.45) is 0 Å². The lowest BCUT2D eigenvalue weighted by molar-refractivity contribution is -0.140. The van der Waals surface area contributed by atoms with Gasteiger partial charge < -0.3 is 52.1 Å². The molecule has 0 aliphatic carbocycles. The largest absolute Gasteiger partial charge is 0.460 e. The van der Waals surface area contributed by atoms with Gasteiger partial charge in [-0.2, -0.15) is 0 Å². The fraction of sp³-hybridized carbons (Fsp3) is 0.906. The van der Waals surface area contributed by atoms with Crippen LogP contribution in [0.3, 0.4) is 0 Å². The monoisotopic (exact) mass is 638 g/mol. The van der Waals surface area contributed by atoms with Gasteiger partial charge in [-0.1, -0.05) is 45.6 Å². The second-order valence-corrected chi connectivity index (χ2v) is 9.81. The molecule has 0 aromatic heterocycles. The molecule has 0 N–H and O–H groups in total. The predicted molar refractivity (Wildman–Crippen MR) is 167 cm³/mol. The number of hydrogen-bond donors (Lipinski definition) is 0. The van der Waals surface area contributed by atoms with Crippen LogP contribution in [0.1, 0.15) is 52.4 Å². The summed E-state index contributed by atoms with van der Waals surface area (Å²) in [4.78, 5) is 11.2. The van der Waals surface area contributed by atoms with E-state index < -0.39 is 5.97 Å². The van der Waals surface area contributed by atoms with Crippen molar-refractivity contribution in [3.8, 4) is 0 Å². The van der Waals surface area contributed by atoms with Crippen LogP contribution in [0.4, 0.5) is 0 Å². The van der Waals surface area contributed by atoms with Crippen LogP contribution in [-0.2, 0) is 56.9 Å². The molecule has 0 radical (unpaired) electrons. The molecule has 0 unspecified atom stereocenters. The van der Waals surface area contributed by atoms with E-state index >= 15 is 0 Å². The molecule has 0 heterocycles. The van der Waals surface area contributed by atoms with Crippen molar-refractivity contribution in [2.45, 2.75) is 52.4 Å². The van der Waals surface area contributed by atoms with Gasteiger partial charge in [-0.05, 0) is 13.3 Å². The molecule has 0 bridgehead atoms. The van der Waals surface area contributed by atoms with Crippen molar-refractivity contribution in [1.82, 2.24) is 0 Å². The Morgan fingerprint density at radius 1 is 0.386 bits per heavy atom. The second kappa shape index (κ2) is 38.0. The minimum Gasteiger partial charge on any atom is -0.460 e. The Kier molecular flexibility index (Phi) is 37.0. The quantitative estimate of drug-likeness (QED) is 0.0558. The van der Waals surface area contributed by atoms with Gasteiger partial charge >= 0.3 is 5.97 Å². The van der Waals surface area contributed by atoms with Crippen LogP contribution in [0.5, 0.6) is 0 Å². The summed E-state index contributed by atoms with van der Waals surface area (Å²) in [6.07, 6.45) is 7.67. The van der Waals surface area contributed by atoms with Crippen molar-refractivity contribution >= 4 is 5.97 Å². The number of esters is 1. The Labute approximate surface area is 266 Å². The molecular weight excluding hydrogens is 576 g/mol. The normalized spacial score (nSPS) is 11.3. The van der Waals surface area contributed by atoms with E-state index in [0.717, 1.165) is 13.0 Å². The number of carbonyl (C=O) groups is 1. The highest BCUT2D eigenvalue weighted by atomic mass is 16.6. The van der Waals surface area contributed by atoms with Crippen molar-refractivity contribution in [1.29, 1.82) is 0 Å². The maximum Gasteiger partial charge on any atom is 0.333 e. The average Bonchev–Trinajstić information content (AvgIpc) is 3.02. The molecule has 0 fully saturated rings. The molecule has 0 aromatic carbocycles. The van der Waals surface area contributed by atoms with E-state index in [4.69, 9.17) is 52.1 Å². The van der Waals surface area contributed by atoms with Gasteiger partial charge in [-0.25, -0.2) is 4.79 Å². The number of unbranched alkanes of at least 4 members (excludes halogenated alkanes) is 5. The second-order valence-electron chi connectivity index (χ2n) is 9.81. The highest BCUT2D eigenvalue weighted by molar-refractivity contribution is 5.86. The number of rotatable bonds is 38. The summed E-state index contributed by atoms with van der Waals surface area (Å²) in [6, 6.07) is 0. The van der Waals surface area contributed by atoms with Crippen LogP contribution in [0.15, 0.2) is 12.2 Å². The first-order chi connectivity index (χ1) is 21.7. The SMILES string of the molecule is C=C(C)C(=O)OCCOCCOCCOCCOCCOCCOCCOCCOCCOCCOCCCCCCCC. The molecule has 262 valence electrons. The van der Waals surface area contributed by atoms with Crippen LogP contribution in [0.2, 0.25) is 0 Å². The lowest BCUT2D eigenvalue weighted by atomic mass is 10.1. The van der Waals surface area contributed by atoms with Crippen LogP contribution in [-0.4, -0.2) is 145 Å². The predicted octanol–water partition coefficient (Wildman–Crippen LogP) is 3.63. The molecule has 0 aliphatic rings. The topological polar surface area (TPSA) is 119 Å². The molecule has 0 aromatic rings. The van der Waals surface area contributed by atoms with Crippen molar-refractivity contribution < 1.29 is 56.9 Å². The standard InChI is InChI=1S/C32H62O12/c1-4-5-6-7-8-9-10-34-11-12-35-13-14-36-15-16-37-17-18-38-19-20-39-21-22-40-23-24-41-25-26-42-27-28-43-29-30-44-32(33)31(2)3/h2,4-30H2,1,3H3. The van der Waals surface area contributed by atoms with E-state index in [1.165, 1.54) is 32.1 Å². The summed E-state index contributed by atoms with van der Waals surface area (Å²) in [5.41, 5.74) is 0.373. The lowest BCUT2D eigenvalue weighted by Crippen LogP contribution is -2.15. The van der Waals surface area contributed by atoms with Crippen molar-refractivity contribution in [2.75, 3.05) is 139 Å². The Bertz CT molecular complexity index is 594. The number of carbonyl (C=O) groups excluding carboxylic acids is 1. The summed E-state index contributed by atoms with van der Waals surface area (Å²) in [5, 5.41) is 0. The third-order valence-electron chi connectivity index (χ3n) is 5.80. The van der Waals surface area contributed by atoms with Crippen molar-refractivity contribution in [3.63, 3.8) is 0 Å². The van der Waals surface area contributed by atoms with Gasteiger partial charge in [-0.3, -0.25) is 0 Å². The first-order valence-corrected chi connectivity index (χ1v) is 16.3. The molecule has 0 atom stereocenters. The number of hydrogen-bond acceptors (Lipinski definition) is 12. The Balaban J connectivity index is 3.06. The molecule has 44 heavy (non-hydrogen) atoms. The summed E-state index contributed by atoms with van der Waals surface area (Å²) < 4.78 is 59.5. The fourth-order valence-electron chi connectivity index (χ4n) is 3.38. The first kappa shape index (κ1) is 42.8. The maximum atomic E-state index is 11.2. The highest BCUT2D eigenvalue weighted by Crippen LogP contribution is 2.04. The lowest BCUT2D eigenvalue weighted by Gasteiger charge is -2.09. The Morgan fingerprint density at radius 2 is 0.636 bits per heavy atom. The van der Waals surface area contributed by atoms with Crippen molar-refractivity contribution in [3.05, 3.63) is 12.2 Å². The molecular formula is C32H62O12. The minimum atomic E-state index is -0.410. The molecule has 0 amide bonds. The van der Waals surface area contributed by atoms with E-state index in [2.05, 4.69) is 13.5 Å². The van der Waals surface area contributed by atoms with Gasteiger partial charge in [0, 0.05) is 12.2 Å². The summed E-state index contributed by atoms with van der Waals surface area (Å²) >= 11 is 0. The van der Waals surface area contributed by atoms with Gasteiger partial charge in [0.15, 0.2) is 0 Å². The molecule has 12 nitrogen and oxygen atoms in total. The van der Waals surface area contributed by atoms with E-state index in [1.54, 1.807) is 6.92 Å². The molecule has 0 aliphatic heterocycles. The van der Waals surface area contributed by atoms with Gasteiger partial charge in [0.05, 0.1) is 126 Å². The Morgan fingerprint density at radius 3 is 0.932 bits per heavy atom. The smallest absolute Gasteiger partial charge is 0.333 e. The van der Waals surface area contributed by atoms with E-state index in [1.807, 2.05) is 0 Å². The third-order valence-corrected chi connectivity index (χ3v) is 5.80. The van der Waals surface area contributed by atoms with Crippen LogP contribution in [0.25, 0.3) is 0 Å². The average molecular weight is 639 g/mol. The van der Waals surface area contributed by atoms with Crippen LogP contribution in [0, 0.1) is 0 Å². The van der Waals surface area contributed by atoms with Crippen LogP contribution < -0.4 is 0 Å². The summed E-state index contributed by atoms with van der Waals surface area (Å²) in [6.45, 7) is 18.0. The van der Waals surface area contributed by atoms with Gasteiger partial charge in [0.1, 0.15) is 6.61 Å². The zero-order valence-corrected chi connectivity index (χ0v) is 27.7.